The van der Waals surface area contributed by atoms with Gasteiger partial charge >= 0.3 is 6.03 Å². The molecule has 3 amide bonds. The zero-order valence-electron chi connectivity index (χ0n) is 20.7. The highest BCUT2D eigenvalue weighted by molar-refractivity contribution is 6.07. The molecular weight excluding hydrogens is 426 g/mol. The molecule has 34 heavy (non-hydrogen) atoms. The molecule has 1 heterocycles. The lowest BCUT2D eigenvalue weighted by Gasteiger charge is -2.24. The van der Waals surface area contributed by atoms with Gasteiger partial charge in [0.2, 0.25) is 0 Å². The van der Waals surface area contributed by atoms with Crippen LogP contribution in [0.5, 0.6) is 0 Å². The molecule has 0 radical (unpaired) electrons. The molecule has 1 aliphatic rings. The summed E-state index contributed by atoms with van der Waals surface area (Å²) < 4.78 is 0. The third kappa shape index (κ3) is 6.83. The maximum atomic E-state index is 12.9. The molecule has 1 aliphatic heterocycles. The van der Waals surface area contributed by atoms with Crippen LogP contribution in [0, 0.1) is 11.3 Å². The van der Waals surface area contributed by atoms with Crippen LogP contribution in [0.1, 0.15) is 57.2 Å². The van der Waals surface area contributed by atoms with E-state index in [0.717, 1.165) is 24.0 Å². The van der Waals surface area contributed by atoms with Crippen LogP contribution in [-0.4, -0.2) is 34.4 Å². The van der Waals surface area contributed by atoms with Gasteiger partial charge in [-0.1, -0.05) is 68.4 Å². The zero-order chi connectivity index (χ0) is 24.7. The Bertz CT molecular complexity index is 990. The van der Waals surface area contributed by atoms with Gasteiger partial charge in [0.1, 0.15) is 5.54 Å². The molecule has 182 valence electrons. The summed E-state index contributed by atoms with van der Waals surface area (Å²) in [5.74, 6) is 0.442. The number of guanidine groups is 1. The predicted molar refractivity (Wildman–Crippen MR) is 135 cm³/mol. The van der Waals surface area contributed by atoms with Gasteiger partial charge in [0.15, 0.2) is 5.96 Å². The lowest BCUT2D eigenvalue weighted by atomic mass is 9.91. The molecule has 2 atom stereocenters. The minimum absolute atomic E-state index is 0.0602. The van der Waals surface area contributed by atoms with Crippen LogP contribution in [0.25, 0.3) is 0 Å². The van der Waals surface area contributed by atoms with E-state index < -0.39 is 5.54 Å². The number of nitrogens with zero attached hydrogens (tertiary/aromatic N) is 1. The van der Waals surface area contributed by atoms with Crippen LogP contribution in [0.2, 0.25) is 0 Å². The minimum Gasteiger partial charge on any atom is -0.342 e. The second kappa shape index (κ2) is 11.2. The molecule has 2 aromatic rings. The monoisotopic (exact) mass is 463 g/mol. The molecule has 4 N–H and O–H groups in total. The van der Waals surface area contributed by atoms with Crippen molar-refractivity contribution in [2.45, 2.75) is 71.6 Å². The number of hydrogen-bond acceptors (Lipinski definition) is 3. The Kier molecular flexibility index (Phi) is 8.31. The van der Waals surface area contributed by atoms with Crippen LogP contribution in [-0.2, 0) is 24.3 Å². The standard InChI is InChI=1S/C27H37N5O2/c1-19(2)16-27(4)24(33)32(25(28)31-27)18-23-14-12-22(13-15-23)17-29-26(34)30-20(3)10-11-21-8-6-5-7-9-21/h5-9,12-15,19-20H,10-11,16-18H2,1-4H3,(H2,28,31)(H2,29,30,34). The van der Waals surface area contributed by atoms with Crippen molar-refractivity contribution in [3.05, 3.63) is 71.3 Å². The molecule has 3 rings (SSSR count). The number of benzene rings is 2. The third-order valence-corrected chi connectivity index (χ3v) is 6.10. The molecule has 7 nitrogen and oxygen atoms in total. The van der Waals surface area contributed by atoms with Gasteiger partial charge in [0, 0.05) is 12.6 Å². The van der Waals surface area contributed by atoms with Crippen molar-refractivity contribution in [1.82, 2.24) is 20.9 Å². The minimum atomic E-state index is -0.722. The molecule has 1 saturated heterocycles. The molecule has 0 bridgehead atoms. The molecule has 2 unspecified atom stereocenters. The zero-order valence-corrected chi connectivity index (χ0v) is 20.7. The van der Waals surface area contributed by atoms with Crippen molar-refractivity contribution in [2.75, 3.05) is 0 Å². The molecule has 0 spiro atoms. The third-order valence-electron chi connectivity index (χ3n) is 6.10. The highest BCUT2D eigenvalue weighted by Gasteiger charge is 2.45. The SMILES string of the molecule is CC(C)CC1(C)NC(=N)N(Cc2ccc(CNC(=O)NC(C)CCc3ccccc3)cc2)C1=O. The van der Waals surface area contributed by atoms with Gasteiger partial charge in [-0.15, -0.1) is 0 Å². The molecule has 0 aromatic heterocycles. The molecule has 0 aliphatic carbocycles. The molecule has 2 aromatic carbocycles. The smallest absolute Gasteiger partial charge is 0.315 e. The van der Waals surface area contributed by atoms with E-state index >= 15 is 0 Å². The first kappa shape index (κ1) is 25.3. The Balaban J connectivity index is 1.44. The molecule has 7 heteroatoms. The summed E-state index contributed by atoms with van der Waals surface area (Å²) in [6.07, 6.45) is 2.48. The first-order chi connectivity index (χ1) is 16.2. The van der Waals surface area contributed by atoms with Crippen molar-refractivity contribution in [3.8, 4) is 0 Å². The van der Waals surface area contributed by atoms with E-state index in [1.54, 1.807) is 0 Å². The Morgan fingerprint density at radius 1 is 1.03 bits per heavy atom. The van der Waals surface area contributed by atoms with Crippen LogP contribution >= 0.6 is 0 Å². The van der Waals surface area contributed by atoms with Gasteiger partial charge in [-0.3, -0.25) is 15.1 Å². The lowest BCUT2D eigenvalue weighted by Crippen LogP contribution is -2.44. The second-order valence-corrected chi connectivity index (χ2v) is 9.86. The quantitative estimate of drug-likeness (QED) is 0.426. The first-order valence-corrected chi connectivity index (χ1v) is 12.0. The van der Waals surface area contributed by atoms with E-state index in [-0.39, 0.29) is 23.9 Å². The summed E-state index contributed by atoms with van der Waals surface area (Å²) in [7, 11) is 0. The summed E-state index contributed by atoms with van der Waals surface area (Å²) in [6.45, 7) is 8.80. The molecule has 1 fully saturated rings. The topological polar surface area (TPSA) is 97.3 Å². The molecule has 0 saturated carbocycles. The number of carbonyl (C=O) groups is 2. The van der Waals surface area contributed by atoms with Crippen LogP contribution in [0.3, 0.4) is 0 Å². The lowest BCUT2D eigenvalue weighted by molar-refractivity contribution is -0.131. The van der Waals surface area contributed by atoms with Gasteiger partial charge in [-0.2, -0.15) is 0 Å². The van der Waals surface area contributed by atoms with E-state index in [9.17, 15) is 9.59 Å². The summed E-state index contributed by atoms with van der Waals surface area (Å²) in [5.41, 5.74) is 2.46. The Labute approximate surface area is 202 Å². The number of rotatable bonds is 10. The van der Waals surface area contributed by atoms with Gasteiger partial charge in [-0.05, 0) is 55.7 Å². The number of hydrogen-bond donors (Lipinski definition) is 4. The van der Waals surface area contributed by atoms with Gasteiger partial charge < -0.3 is 16.0 Å². The predicted octanol–water partition coefficient (Wildman–Crippen LogP) is 4.18. The Morgan fingerprint density at radius 2 is 1.68 bits per heavy atom. The number of urea groups is 1. The van der Waals surface area contributed by atoms with Crippen LogP contribution < -0.4 is 16.0 Å². The fourth-order valence-corrected chi connectivity index (χ4v) is 4.39. The number of aryl methyl sites for hydroxylation is 1. The summed E-state index contributed by atoms with van der Waals surface area (Å²) in [4.78, 5) is 26.7. The summed E-state index contributed by atoms with van der Waals surface area (Å²) in [6, 6.07) is 17.9. The summed E-state index contributed by atoms with van der Waals surface area (Å²) in [5, 5.41) is 17.2. The van der Waals surface area contributed by atoms with Gasteiger partial charge in [-0.25, -0.2) is 4.79 Å². The van der Waals surface area contributed by atoms with E-state index in [4.69, 9.17) is 5.41 Å². The Morgan fingerprint density at radius 3 is 2.32 bits per heavy atom. The van der Waals surface area contributed by atoms with E-state index in [1.165, 1.54) is 10.5 Å². The van der Waals surface area contributed by atoms with E-state index in [1.807, 2.05) is 56.3 Å². The average molecular weight is 464 g/mol. The largest absolute Gasteiger partial charge is 0.342 e. The van der Waals surface area contributed by atoms with E-state index in [0.29, 0.717) is 25.4 Å². The van der Waals surface area contributed by atoms with Crippen LogP contribution in [0.4, 0.5) is 4.79 Å². The maximum Gasteiger partial charge on any atom is 0.315 e. The first-order valence-electron chi connectivity index (χ1n) is 12.0. The van der Waals surface area contributed by atoms with Crippen molar-refractivity contribution >= 4 is 17.9 Å². The van der Waals surface area contributed by atoms with E-state index in [2.05, 4.69) is 41.9 Å². The summed E-state index contributed by atoms with van der Waals surface area (Å²) >= 11 is 0. The average Bonchev–Trinajstić information content (AvgIpc) is 3.00. The maximum absolute atomic E-state index is 12.9. The fourth-order valence-electron chi connectivity index (χ4n) is 4.39. The Hall–Kier alpha value is -3.35. The van der Waals surface area contributed by atoms with Crippen molar-refractivity contribution in [2.24, 2.45) is 5.92 Å². The highest BCUT2D eigenvalue weighted by atomic mass is 16.2. The van der Waals surface area contributed by atoms with Crippen molar-refractivity contribution < 1.29 is 9.59 Å². The molecular formula is C27H37N5O2. The highest BCUT2D eigenvalue weighted by Crippen LogP contribution is 2.26. The number of carbonyl (C=O) groups excluding carboxylic acids is 2. The van der Waals surface area contributed by atoms with Gasteiger partial charge in [0.25, 0.3) is 5.91 Å². The fraction of sp³-hybridized carbons (Fsp3) is 0.444. The second-order valence-electron chi connectivity index (χ2n) is 9.86. The number of nitrogens with one attached hydrogen (secondary N) is 4. The van der Waals surface area contributed by atoms with Crippen molar-refractivity contribution in [3.63, 3.8) is 0 Å². The van der Waals surface area contributed by atoms with Crippen molar-refractivity contribution in [1.29, 1.82) is 5.41 Å². The van der Waals surface area contributed by atoms with Gasteiger partial charge in [0.05, 0.1) is 6.54 Å². The van der Waals surface area contributed by atoms with Crippen LogP contribution in [0.15, 0.2) is 54.6 Å². The normalized spacial score (nSPS) is 18.7. The number of amides is 3.